The van der Waals surface area contributed by atoms with Crippen LogP contribution in [0.3, 0.4) is 0 Å². The number of carbonyl (C=O) groups excluding carboxylic acids is 1. The average molecular weight is 272 g/mol. The topological polar surface area (TPSA) is 83.8 Å². The second-order valence-corrected chi connectivity index (χ2v) is 5.54. The summed E-state index contributed by atoms with van der Waals surface area (Å²) in [4.78, 5) is 19.6. The predicted octanol–water partition coefficient (Wildman–Crippen LogP) is 1.70. The lowest BCUT2D eigenvalue weighted by Crippen LogP contribution is -2.31. The number of nitrogens with zero attached hydrogens (tertiary/aromatic N) is 1. The Morgan fingerprint density at radius 2 is 2.25 bits per heavy atom. The lowest BCUT2D eigenvalue weighted by Gasteiger charge is -2.14. The van der Waals surface area contributed by atoms with E-state index in [0.29, 0.717) is 18.9 Å². The van der Waals surface area contributed by atoms with E-state index < -0.39 is 0 Å². The van der Waals surface area contributed by atoms with Crippen molar-refractivity contribution in [3.63, 3.8) is 0 Å². The van der Waals surface area contributed by atoms with Crippen LogP contribution < -0.4 is 11.1 Å². The minimum absolute atomic E-state index is 0.0628. The monoisotopic (exact) mass is 272 g/mol. The molecule has 0 aliphatic heterocycles. The van der Waals surface area contributed by atoms with Crippen LogP contribution in [0.1, 0.15) is 31.5 Å². The molecule has 1 aliphatic rings. The average Bonchev–Trinajstić information content (AvgIpc) is 3.03. The Kier molecular flexibility index (Phi) is 3.69. The van der Waals surface area contributed by atoms with Crippen molar-refractivity contribution >= 4 is 16.9 Å². The van der Waals surface area contributed by atoms with E-state index in [-0.39, 0.29) is 11.9 Å². The van der Waals surface area contributed by atoms with Crippen LogP contribution in [0.2, 0.25) is 0 Å². The number of amides is 1. The van der Waals surface area contributed by atoms with Crippen LogP contribution in [0.15, 0.2) is 24.3 Å². The first-order valence-electron chi connectivity index (χ1n) is 7.18. The fourth-order valence-corrected chi connectivity index (χ4v) is 2.90. The van der Waals surface area contributed by atoms with Gasteiger partial charge in [0, 0.05) is 12.5 Å². The molecule has 2 aromatic rings. The molecular formula is C15H20N4O. The summed E-state index contributed by atoms with van der Waals surface area (Å²) in [5.41, 5.74) is 7.91. The van der Waals surface area contributed by atoms with Gasteiger partial charge in [-0.1, -0.05) is 18.6 Å². The van der Waals surface area contributed by atoms with Gasteiger partial charge < -0.3 is 16.0 Å². The first kappa shape index (κ1) is 13.1. The van der Waals surface area contributed by atoms with E-state index in [1.165, 1.54) is 0 Å². The highest BCUT2D eigenvalue weighted by Gasteiger charge is 2.25. The van der Waals surface area contributed by atoms with Crippen molar-refractivity contribution in [3.8, 4) is 0 Å². The lowest BCUT2D eigenvalue weighted by molar-refractivity contribution is -0.122. The van der Waals surface area contributed by atoms with Gasteiger partial charge in [0.2, 0.25) is 5.91 Å². The summed E-state index contributed by atoms with van der Waals surface area (Å²) in [6.07, 6.45) is 3.78. The Labute approximate surface area is 118 Å². The second-order valence-electron chi connectivity index (χ2n) is 5.54. The standard InChI is InChI=1S/C15H20N4O/c16-11-5-3-4-10(11)8-15(20)17-9-14-18-12-6-1-2-7-13(12)19-14/h1-2,6-7,10-11H,3-5,8-9,16H2,(H,17,20)(H,18,19)/t10-,11+/m0/s1. The lowest BCUT2D eigenvalue weighted by atomic mass is 10.00. The maximum Gasteiger partial charge on any atom is 0.220 e. The molecule has 1 amide bonds. The first-order chi connectivity index (χ1) is 9.72. The highest BCUT2D eigenvalue weighted by molar-refractivity contribution is 5.77. The molecule has 2 atom stereocenters. The first-order valence-corrected chi connectivity index (χ1v) is 7.18. The van der Waals surface area contributed by atoms with Crippen molar-refractivity contribution in [2.45, 2.75) is 38.3 Å². The largest absolute Gasteiger partial charge is 0.349 e. The highest BCUT2D eigenvalue weighted by Crippen LogP contribution is 2.26. The van der Waals surface area contributed by atoms with Crippen LogP contribution in [0.25, 0.3) is 11.0 Å². The molecule has 1 aromatic carbocycles. The van der Waals surface area contributed by atoms with Crippen LogP contribution in [-0.2, 0) is 11.3 Å². The molecule has 0 spiro atoms. The summed E-state index contributed by atoms with van der Waals surface area (Å²) in [5, 5.41) is 2.92. The van der Waals surface area contributed by atoms with Crippen molar-refractivity contribution in [2.75, 3.05) is 0 Å². The molecule has 3 rings (SSSR count). The van der Waals surface area contributed by atoms with Gasteiger partial charge in [0.15, 0.2) is 0 Å². The highest BCUT2D eigenvalue weighted by atomic mass is 16.1. The van der Waals surface area contributed by atoms with Crippen molar-refractivity contribution in [1.82, 2.24) is 15.3 Å². The van der Waals surface area contributed by atoms with Gasteiger partial charge in [-0.15, -0.1) is 0 Å². The third-order valence-electron chi connectivity index (χ3n) is 4.06. The third-order valence-corrected chi connectivity index (χ3v) is 4.06. The summed E-state index contributed by atoms with van der Waals surface area (Å²) in [6, 6.07) is 8.03. The number of carbonyl (C=O) groups is 1. The van der Waals surface area contributed by atoms with Crippen LogP contribution >= 0.6 is 0 Å². The summed E-state index contributed by atoms with van der Waals surface area (Å²) >= 11 is 0. The van der Waals surface area contributed by atoms with Crippen LogP contribution in [-0.4, -0.2) is 21.9 Å². The van der Waals surface area contributed by atoms with E-state index in [1.807, 2.05) is 24.3 Å². The maximum atomic E-state index is 11.9. The predicted molar refractivity (Wildman–Crippen MR) is 77.9 cm³/mol. The molecule has 20 heavy (non-hydrogen) atoms. The van der Waals surface area contributed by atoms with Gasteiger partial charge >= 0.3 is 0 Å². The van der Waals surface area contributed by atoms with Crippen LogP contribution in [0, 0.1) is 5.92 Å². The van der Waals surface area contributed by atoms with E-state index in [2.05, 4.69) is 15.3 Å². The molecule has 1 heterocycles. The number of rotatable bonds is 4. The van der Waals surface area contributed by atoms with Crippen molar-refractivity contribution < 1.29 is 4.79 Å². The van der Waals surface area contributed by atoms with E-state index in [1.54, 1.807) is 0 Å². The molecule has 1 fully saturated rings. The van der Waals surface area contributed by atoms with Gasteiger partial charge in [-0.05, 0) is 30.9 Å². The van der Waals surface area contributed by atoms with E-state index in [0.717, 1.165) is 36.1 Å². The van der Waals surface area contributed by atoms with E-state index >= 15 is 0 Å². The van der Waals surface area contributed by atoms with Gasteiger partial charge in [0.1, 0.15) is 5.82 Å². The molecule has 106 valence electrons. The van der Waals surface area contributed by atoms with Gasteiger partial charge in [-0.2, -0.15) is 0 Å². The number of imidazole rings is 1. The summed E-state index contributed by atoms with van der Waals surface area (Å²) < 4.78 is 0. The minimum atomic E-state index is 0.0628. The van der Waals surface area contributed by atoms with Gasteiger partial charge in [0.25, 0.3) is 0 Å². The summed E-state index contributed by atoms with van der Waals surface area (Å²) in [6.45, 7) is 0.440. The molecule has 5 heteroatoms. The SMILES string of the molecule is N[C@@H]1CCC[C@H]1CC(=O)NCc1nc2ccccc2[nH]1. The number of nitrogens with two attached hydrogens (primary N) is 1. The molecule has 5 nitrogen and oxygen atoms in total. The number of aromatic amines is 1. The fraction of sp³-hybridized carbons (Fsp3) is 0.467. The quantitative estimate of drug-likeness (QED) is 0.792. The third kappa shape index (κ3) is 2.82. The Balaban J connectivity index is 1.54. The molecule has 0 saturated heterocycles. The fourth-order valence-electron chi connectivity index (χ4n) is 2.90. The maximum absolute atomic E-state index is 11.9. The molecular weight excluding hydrogens is 252 g/mol. The number of hydrogen-bond donors (Lipinski definition) is 3. The van der Waals surface area contributed by atoms with Gasteiger partial charge in [-0.25, -0.2) is 4.98 Å². The molecule has 0 unspecified atom stereocenters. The van der Waals surface area contributed by atoms with Crippen molar-refractivity contribution in [2.24, 2.45) is 11.7 Å². The number of fused-ring (bicyclic) bond motifs is 1. The smallest absolute Gasteiger partial charge is 0.220 e. The zero-order valence-corrected chi connectivity index (χ0v) is 11.4. The number of para-hydroxylation sites is 2. The number of aromatic nitrogens is 2. The van der Waals surface area contributed by atoms with Crippen LogP contribution in [0.4, 0.5) is 0 Å². The zero-order chi connectivity index (χ0) is 13.9. The molecule has 1 aliphatic carbocycles. The number of benzene rings is 1. The summed E-state index contributed by atoms with van der Waals surface area (Å²) in [7, 11) is 0. The van der Waals surface area contributed by atoms with Gasteiger partial charge in [-0.3, -0.25) is 4.79 Å². The molecule has 0 bridgehead atoms. The zero-order valence-electron chi connectivity index (χ0n) is 11.4. The normalized spacial score (nSPS) is 22.2. The van der Waals surface area contributed by atoms with E-state index in [9.17, 15) is 4.79 Å². The molecule has 1 aromatic heterocycles. The van der Waals surface area contributed by atoms with Crippen molar-refractivity contribution in [1.29, 1.82) is 0 Å². The molecule has 4 N–H and O–H groups in total. The molecule has 1 saturated carbocycles. The number of H-pyrrole nitrogens is 1. The van der Waals surface area contributed by atoms with Crippen molar-refractivity contribution in [3.05, 3.63) is 30.1 Å². The Bertz CT molecular complexity index is 574. The minimum Gasteiger partial charge on any atom is -0.349 e. The molecule has 0 radical (unpaired) electrons. The second kappa shape index (κ2) is 5.63. The Hall–Kier alpha value is -1.88. The Morgan fingerprint density at radius 3 is 3.00 bits per heavy atom. The van der Waals surface area contributed by atoms with Gasteiger partial charge in [0.05, 0.1) is 17.6 Å². The van der Waals surface area contributed by atoms with E-state index in [4.69, 9.17) is 5.73 Å². The number of hydrogen-bond acceptors (Lipinski definition) is 3. The van der Waals surface area contributed by atoms with Crippen LogP contribution in [0.5, 0.6) is 0 Å². The number of nitrogens with one attached hydrogen (secondary N) is 2. The Morgan fingerprint density at radius 1 is 1.40 bits per heavy atom. The summed E-state index contributed by atoms with van der Waals surface area (Å²) in [5.74, 6) is 1.19.